The average molecular weight is 379 g/mol. The van der Waals surface area contributed by atoms with Crippen LogP contribution in [-0.4, -0.2) is 20.4 Å². The van der Waals surface area contributed by atoms with Crippen molar-refractivity contribution in [2.24, 2.45) is 0 Å². The van der Waals surface area contributed by atoms with E-state index in [0.29, 0.717) is 5.69 Å². The quantitative estimate of drug-likeness (QED) is 0.833. The molecule has 3 rings (SSSR count). The lowest BCUT2D eigenvalue weighted by Crippen LogP contribution is -2.26. The molecule has 7 heteroatoms. The molecule has 1 fully saturated rings. The van der Waals surface area contributed by atoms with Gasteiger partial charge in [0.15, 0.2) is 0 Å². The Hall–Kier alpha value is -1.89. The number of sulfonamides is 1. The van der Waals surface area contributed by atoms with E-state index in [0.717, 1.165) is 24.0 Å². The molecule has 0 aromatic heterocycles. The van der Waals surface area contributed by atoms with E-state index >= 15 is 0 Å². The maximum atomic E-state index is 12.5. The van der Waals surface area contributed by atoms with Gasteiger partial charge in [-0.05, 0) is 62.1 Å². The van der Waals surface area contributed by atoms with E-state index in [1.54, 1.807) is 0 Å². The molecule has 0 unspecified atom stereocenters. The molecule has 0 aliphatic heterocycles. The summed E-state index contributed by atoms with van der Waals surface area (Å²) in [5.74, 6) is -0.381. The summed E-state index contributed by atoms with van der Waals surface area (Å²) in [6.07, 6.45) is 1.65. The summed E-state index contributed by atoms with van der Waals surface area (Å²) in [6, 6.07) is 9.97. The lowest BCUT2D eigenvalue weighted by atomic mass is 10.1. The van der Waals surface area contributed by atoms with Gasteiger partial charge in [0.1, 0.15) is 4.90 Å². The zero-order valence-electron chi connectivity index (χ0n) is 14.0. The maximum absolute atomic E-state index is 12.5. The molecule has 132 valence electrons. The molecule has 2 aromatic carbocycles. The first-order valence-electron chi connectivity index (χ1n) is 7.97. The van der Waals surface area contributed by atoms with Crippen molar-refractivity contribution < 1.29 is 13.2 Å². The number of benzene rings is 2. The van der Waals surface area contributed by atoms with Crippen molar-refractivity contribution in [2.75, 3.05) is 5.32 Å². The van der Waals surface area contributed by atoms with Gasteiger partial charge in [-0.2, -0.15) is 0 Å². The van der Waals surface area contributed by atoms with E-state index in [-0.39, 0.29) is 27.4 Å². The molecule has 0 spiro atoms. The highest BCUT2D eigenvalue weighted by Gasteiger charge is 2.29. The number of amides is 1. The number of carbonyl (C=O) groups is 1. The number of aryl methyl sites for hydroxylation is 2. The molecule has 0 bridgehead atoms. The smallest absolute Gasteiger partial charge is 0.255 e. The van der Waals surface area contributed by atoms with Crippen LogP contribution >= 0.6 is 11.6 Å². The topological polar surface area (TPSA) is 75.3 Å². The van der Waals surface area contributed by atoms with Crippen LogP contribution in [0, 0.1) is 13.8 Å². The van der Waals surface area contributed by atoms with Crippen LogP contribution in [0.25, 0.3) is 0 Å². The molecule has 0 saturated heterocycles. The minimum atomic E-state index is -3.73. The summed E-state index contributed by atoms with van der Waals surface area (Å²) in [5.41, 5.74) is 2.88. The highest BCUT2D eigenvalue weighted by molar-refractivity contribution is 7.89. The van der Waals surface area contributed by atoms with Gasteiger partial charge in [0.2, 0.25) is 10.0 Å². The average Bonchev–Trinajstić information content (AvgIpc) is 3.34. The third-order valence-electron chi connectivity index (χ3n) is 4.02. The number of carbonyl (C=O) groups excluding carboxylic acids is 1. The number of anilines is 1. The first-order valence-corrected chi connectivity index (χ1v) is 9.83. The Kier molecular flexibility index (Phi) is 4.86. The highest BCUT2D eigenvalue weighted by Crippen LogP contribution is 2.27. The zero-order chi connectivity index (χ0) is 18.2. The number of rotatable bonds is 5. The van der Waals surface area contributed by atoms with Crippen LogP contribution in [0.15, 0.2) is 41.3 Å². The number of nitrogens with one attached hydrogen (secondary N) is 2. The molecule has 1 aliphatic rings. The van der Waals surface area contributed by atoms with E-state index in [9.17, 15) is 13.2 Å². The Morgan fingerprint density at radius 1 is 1.12 bits per heavy atom. The summed E-state index contributed by atoms with van der Waals surface area (Å²) in [7, 11) is -3.73. The second-order valence-electron chi connectivity index (χ2n) is 6.31. The van der Waals surface area contributed by atoms with E-state index in [1.165, 1.54) is 18.2 Å². The fourth-order valence-corrected chi connectivity index (χ4v) is 4.23. The van der Waals surface area contributed by atoms with Crippen molar-refractivity contribution >= 4 is 33.2 Å². The first-order chi connectivity index (χ1) is 11.8. The minimum absolute atomic E-state index is 0.0338. The van der Waals surface area contributed by atoms with Gasteiger partial charge in [0.25, 0.3) is 5.91 Å². The SMILES string of the molecule is Cc1ccc(C)c(NC(=O)c2ccc(Cl)c(S(=O)(=O)NC3CC3)c2)c1. The standard InChI is InChI=1S/C18H19ClN2O3S/c1-11-3-4-12(2)16(9-11)20-18(22)13-5-8-15(19)17(10-13)25(23,24)21-14-6-7-14/h3-5,8-10,14,21H,6-7H2,1-2H3,(H,20,22). The van der Waals surface area contributed by atoms with Gasteiger partial charge in [0, 0.05) is 17.3 Å². The number of halogens is 1. The molecular weight excluding hydrogens is 360 g/mol. The zero-order valence-corrected chi connectivity index (χ0v) is 15.5. The van der Waals surface area contributed by atoms with Gasteiger partial charge in [0.05, 0.1) is 5.02 Å². The van der Waals surface area contributed by atoms with Gasteiger partial charge in [-0.1, -0.05) is 23.7 Å². The van der Waals surface area contributed by atoms with Crippen LogP contribution in [-0.2, 0) is 10.0 Å². The molecule has 5 nitrogen and oxygen atoms in total. The molecule has 25 heavy (non-hydrogen) atoms. The Balaban J connectivity index is 1.88. The molecule has 2 N–H and O–H groups in total. The van der Waals surface area contributed by atoms with Gasteiger partial charge in [-0.3, -0.25) is 4.79 Å². The molecule has 1 saturated carbocycles. The number of hydrogen-bond acceptors (Lipinski definition) is 3. The summed E-state index contributed by atoms with van der Waals surface area (Å²) < 4.78 is 27.4. The summed E-state index contributed by atoms with van der Waals surface area (Å²) >= 11 is 6.04. The van der Waals surface area contributed by atoms with Crippen molar-refractivity contribution in [3.63, 3.8) is 0 Å². The fraction of sp³-hybridized carbons (Fsp3) is 0.278. The van der Waals surface area contributed by atoms with Crippen LogP contribution in [0.3, 0.4) is 0 Å². The Labute approximate surface area is 152 Å². The normalized spacial score (nSPS) is 14.4. The van der Waals surface area contributed by atoms with Crippen molar-refractivity contribution in [1.82, 2.24) is 4.72 Å². The molecule has 2 aromatic rings. The van der Waals surface area contributed by atoms with Gasteiger partial charge < -0.3 is 5.32 Å². The molecule has 1 amide bonds. The summed E-state index contributed by atoms with van der Waals surface area (Å²) in [6.45, 7) is 3.83. The third-order valence-corrected chi connectivity index (χ3v) is 6.03. The van der Waals surface area contributed by atoms with Crippen LogP contribution in [0.5, 0.6) is 0 Å². The van der Waals surface area contributed by atoms with Crippen LogP contribution in [0.4, 0.5) is 5.69 Å². The predicted octanol–water partition coefficient (Wildman–Crippen LogP) is 3.65. The predicted molar refractivity (Wildman–Crippen MR) is 98.7 cm³/mol. The first kappa shape index (κ1) is 17.9. The van der Waals surface area contributed by atoms with Crippen molar-refractivity contribution in [2.45, 2.75) is 37.6 Å². The van der Waals surface area contributed by atoms with Crippen molar-refractivity contribution in [3.05, 3.63) is 58.1 Å². The minimum Gasteiger partial charge on any atom is -0.322 e. The Morgan fingerprint density at radius 3 is 2.52 bits per heavy atom. The van der Waals surface area contributed by atoms with Gasteiger partial charge >= 0.3 is 0 Å². The maximum Gasteiger partial charge on any atom is 0.255 e. The fourth-order valence-electron chi connectivity index (χ4n) is 2.40. The highest BCUT2D eigenvalue weighted by atomic mass is 35.5. The monoisotopic (exact) mass is 378 g/mol. The second-order valence-corrected chi connectivity index (χ2v) is 8.40. The molecule has 0 heterocycles. The van der Waals surface area contributed by atoms with Crippen LogP contribution in [0.1, 0.15) is 34.3 Å². The summed E-state index contributed by atoms with van der Waals surface area (Å²) in [4.78, 5) is 12.5. The molecule has 1 aliphatic carbocycles. The summed E-state index contributed by atoms with van der Waals surface area (Å²) in [5, 5.41) is 2.92. The lowest BCUT2D eigenvalue weighted by molar-refractivity contribution is 0.102. The van der Waals surface area contributed by atoms with E-state index < -0.39 is 10.0 Å². The second kappa shape index (κ2) is 6.78. The van der Waals surface area contributed by atoms with Crippen molar-refractivity contribution in [1.29, 1.82) is 0 Å². The Bertz CT molecular complexity index is 937. The van der Waals surface area contributed by atoms with E-state index in [2.05, 4.69) is 10.0 Å². The van der Waals surface area contributed by atoms with Gasteiger partial charge in [-0.25, -0.2) is 13.1 Å². The Morgan fingerprint density at radius 2 is 1.84 bits per heavy atom. The van der Waals surface area contributed by atoms with Crippen LogP contribution in [0.2, 0.25) is 5.02 Å². The number of hydrogen-bond donors (Lipinski definition) is 2. The molecular formula is C18H19ClN2O3S. The lowest BCUT2D eigenvalue weighted by Gasteiger charge is -2.12. The van der Waals surface area contributed by atoms with Gasteiger partial charge in [-0.15, -0.1) is 0 Å². The van der Waals surface area contributed by atoms with Crippen molar-refractivity contribution in [3.8, 4) is 0 Å². The third kappa shape index (κ3) is 4.21. The largest absolute Gasteiger partial charge is 0.322 e. The van der Waals surface area contributed by atoms with Crippen LogP contribution < -0.4 is 10.0 Å². The van der Waals surface area contributed by atoms with E-state index in [4.69, 9.17) is 11.6 Å². The molecule has 0 radical (unpaired) electrons. The van der Waals surface area contributed by atoms with E-state index in [1.807, 2.05) is 32.0 Å². The molecule has 0 atom stereocenters.